The van der Waals surface area contributed by atoms with Crippen molar-refractivity contribution >= 4 is 5.69 Å². The third-order valence-corrected chi connectivity index (χ3v) is 3.13. The first-order chi connectivity index (χ1) is 6.45. The van der Waals surface area contributed by atoms with Crippen LogP contribution < -0.4 is 10.2 Å². The van der Waals surface area contributed by atoms with E-state index in [0.29, 0.717) is 0 Å². The first-order valence-corrected chi connectivity index (χ1v) is 4.82. The van der Waals surface area contributed by atoms with Crippen LogP contribution in [0.1, 0.15) is 0 Å². The second-order valence-electron chi connectivity index (χ2n) is 3.84. The van der Waals surface area contributed by atoms with E-state index in [2.05, 4.69) is 27.3 Å². The third-order valence-electron chi connectivity index (χ3n) is 3.13. The van der Waals surface area contributed by atoms with Crippen LogP contribution in [0.4, 0.5) is 5.69 Å². The van der Waals surface area contributed by atoms with Gasteiger partial charge in [-0.05, 0) is 12.1 Å². The average Bonchev–Trinajstić information content (AvgIpc) is 2.50. The van der Waals surface area contributed by atoms with Crippen LogP contribution >= 0.6 is 0 Å². The van der Waals surface area contributed by atoms with Crippen LogP contribution in [-0.4, -0.2) is 30.7 Å². The lowest BCUT2D eigenvalue weighted by Crippen LogP contribution is -2.55. The standard InChI is InChI=1S/C10H13N3/c1-3-11-4-2-9(1)13-7-8-5-12-6-10(8)13/h1-4,8,10,12H,5-7H2/t8-,10-/m1/s1. The maximum absolute atomic E-state index is 4.03. The Hall–Kier alpha value is -1.09. The summed E-state index contributed by atoms with van der Waals surface area (Å²) < 4.78 is 0. The minimum Gasteiger partial charge on any atom is -0.366 e. The molecule has 0 aliphatic carbocycles. The van der Waals surface area contributed by atoms with Crippen molar-refractivity contribution < 1.29 is 0 Å². The molecule has 0 bridgehead atoms. The molecule has 0 spiro atoms. The van der Waals surface area contributed by atoms with Gasteiger partial charge in [-0.25, -0.2) is 0 Å². The monoisotopic (exact) mass is 175 g/mol. The first kappa shape index (κ1) is 7.33. The SMILES string of the molecule is c1cc(N2C[C@H]3CNC[C@H]32)ccn1. The van der Waals surface area contributed by atoms with E-state index in [0.717, 1.165) is 18.5 Å². The van der Waals surface area contributed by atoms with Gasteiger partial charge in [0.15, 0.2) is 0 Å². The summed E-state index contributed by atoms with van der Waals surface area (Å²) in [6.45, 7) is 3.56. The van der Waals surface area contributed by atoms with E-state index in [9.17, 15) is 0 Å². The number of anilines is 1. The van der Waals surface area contributed by atoms with E-state index in [-0.39, 0.29) is 0 Å². The summed E-state index contributed by atoms with van der Waals surface area (Å²) in [6, 6.07) is 4.92. The van der Waals surface area contributed by atoms with Gasteiger partial charge in [-0.15, -0.1) is 0 Å². The van der Waals surface area contributed by atoms with Crippen molar-refractivity contribution in [2.24, 2.45) is 5.92 Å². The maximum atomic E-state index is 4.03. The van der Waals surface area contributed by atoms with Gasteiger partial charge in [-0.1, -0.05) is 0 Å². The molecule has 3 heterocycles. The molecule has 2 aliphatic heterocycles. The van der Waals surface area contributed by atoms with Gasteiger partial charge in [0.25, 0.3) is 0 Å². The van der Waals surface area contributed by atoms with Gasteiger partial charge in [-0.3, -0.25) is 4.98 Å². The van der Waals surface area contributed by atoms with Crippen LogP contribution in [0.25, 0.3) is 0 Å². The van der Waals surface area contributed by atoms with Crippen molar-refractivity contribution in [3.8, 4) is 0 Å². The van der Waals surface area contributed by atoms with Gasteiger partial charge >= 0.3 is 0 Å². The summed E-state index contributed by atoms with van der Waals surface area (Å²) in [5, 5.41) is 3.43. The smallest absolute Gasteiger partial charge is 0.0471 e. The molecule has 0 saturated carbocycles. The molecule has 13 heavy (non-hydrogen) atoms. The Bertz CT molecular complexity index is 298. The van der Waals surface area contributed by atoms with E-state index in [1.54, 1.807) is 0 Å². The second-order valence-corrected chi connectivity index (χ2v) is 3.84. The van der Waals surface area contributed by atoms with Gasteiger partial charge in [0.05, 0.1) is 0 Å². The van der Waals surface area contributed by atoms with Crippen molar-refractivity contribution in [1.82, 2.24) is 10.3 Å². The highest BCUT2D eigenvalue weighted by Crippen LogP contribution is 2.32. The number of hydrogen-bond acceptors (Lipinski definition) is 3. The highest BCUT2D eigenvalue weighted by atomic mass is 15.3. The maximum Gasteiger partial charge on any atom is 0.0471 e. The fraction of sp³-hybridized carbons (Fsp3) is 0.500. The molecule has 1 aromatic rings. The Balaban J connectivity index is 1.81. The molecule has 2 atom stereocenters. The van der Waals surface area contributed by atoms with E-state index < -0.39 is 0 Å². The third kappa shape index (κ3) is 1.04. The zero-order chi connectivity index (χ0) is 8.67. The number of rotatable bonds is 1. The molecule has 2 fully saturated rings. The molecule has 1 aromatic heterocycles. The van der Waals surface area contributed by atoms with Crippen LogP contribution in [0.15, 0.2) is 24.5 Å². The number of aromatic nitrogens is 1. The molecule has 0 unspecified atom stereocenters. The molecule has 3 nitrogen and oxygen atoms in total. The topological polar surface area (TPSA) is 28.2 Å². The van der Waals surface area contributed by atoms with Crippen LogP contribution in [0.3, 0.4) is 0 Å². The first-order valence-electron chi connectivity index (χ1n) is 4.82. The second kappa shape index (κ2) is 2.70. The quantitative estimate of drug-likeness (QED) is 0.673. The Kier molecular flexibility index (Phi) is 1.52. The van der Waals surface area contributed by atoms with E-state index in [1.165, 1.54) is 18.8 Å². The molecule has 2 saturated heterocycles. The molecular weight excluding hydrogens is 162 g/mol. The molecule has 0 amide bonds. The molecule has 2 aliphatic rings. The lowest BCUT2D eigenvalue weighted by Gasteiger charge is -2.45. The molecular formula is C10H13N3. The minimum absolute atomic E-state index is 0.738. The lowest BCUT2D eigenvalue weighted by molar-refractivity contribution is 0.365. The largest absolute Gasteiger partial charge is 0.366 e. The molecule has 68 valence electrons. The van der Waals surface area contributed by atoms with Crippen LogP contribution in [0.5, 0.6) is 0 Å². The van der Waals surface area contributed by atoms with Crippen molar-refractivity contribution in [3.63, 3.8) is 0 Å². The van der Waals surface area contributed by atoms with Crippen molar-refractivity contribution in [2.75, 3.05) is 24.5 Å². The van der Waals surface area contributed by atoms with Crippen LogP contribution in [-0.2, 0) is 0 Å². The molecule has 3 heteroatoms. The predicted molar refractivity (Wildman–Crippen MR) is 51.7 cm³/mol. The molecule has 0 aromatic carbocycles. The Labute approximate surface area is 77.8 Å². The summed E-state index contributed by atoms with van der Waals surface area (Å²) in [6.07, 6.45) is 3.73. The Morgan fingerprint density at radius 1 is 1.31 bits per heavy atom. The zero-order valence-corrected chi connectivity index (χ0v) is 7.48. The fourth-order valence-electron chi connectivity index (χ4n) is 2.35. The number of fused-ring (bicyclic) bond motifs is 1. The number of pyridine rings is 1. The van der Waals surface area contributed by atoms with E-state index in [1.807, 2.05) is 12.4 Å². The lowest BCUT2D eigenvalue weighted by atomic mass is 9.91. The summed E-state index contributed by atoms with van der Waals surface area (Å²) in [7, 11) is 0. The molecule has 1 N–H and O–H groups in total. The number of nitrogens with one attached hydrogen (secondary N) is 1. The fourth-order valence-corrected chi connectivity index (χ4v) is 2.35. The highest BCUT2D eigenvalue weighted by Gasteiger charge is 2.41. The van der Waals surface area contributed by atoms with Gasteiger partial charge < -0.3 is 10.2 Å². The Morgan fingerprint density at radius 2 is 2.15 bits per heavy atom. The van der Waals surface area contributed by atoms with Gasteiger partial charge in [-0.2, -0.15) is 0 Å². The van der Waals surface area contributed by atoms with Gasteiger partial charge in [0.1, 0.15) is 0 Å². The minimum atomic E-state index is 0.738. The van der Waals surface area contributed by atoms with Gasteiger partial charge in [0, 0.05) is 49.7 Å². The summed E-state index contributed by atoms with van der Waals surface area (Å²) in [5.41, 5.74) is 1.32. The van der Waals surface area contributed by atoms with Crippen LogP contribution in [0.2, 0.25) is 0 Å². The molecule has 3 rings (SSSR count). The number of nitrogens with zero attached hydrogens (tertiary/aromatic N) is 2. The summed E-state index contributed by atoms with van der Waals surface area (Å²) >= 11 is 0. The van der Waals surface area contributed by atoms with Crippen LogP contribution in [0, 0.1) is 5.92 Å². The normalized spacial score (nSPS) is 31.2. The van der Waals surface area contributed by atoms with Crippen molar-refractivity contribution in [1.29, 1.82) is 0 Å². The average molecular weight is 175 g/mol. The van der Waals surface area contributed by atoms with Crippen molar-refractivity contribution in [3.05, 3.63) is 24.5 Å². The highest BCUT2D eigenvalue weighted by molar-refractivity contribution is 5.49. The van der Waals surface area contributed by atoms with Crippen molar-refractivity contribution in [2.45, 2.75) is 6.04 Å². The zero-order valence-electron chi connectivity index (χ0n) is 7.48. The number of hydrogen-bond donors (Lipinski definition) is 1. The van der Waals surface area contributed by atoms with E-state index >= 15 is 0 Å². The Morgan fingerprint density at radius 3 is 2.92 bits per heavy atom. The predicted octanol–water partition coefficient (Wildman–Crippen LogP) is 0.490. The van der Waals surface area contributed by atoms with Gasteiger partial charge in [0.2, 0.25) is 0 Å². The summed E-state index contributed by atoms with van der Waals surface area (Å²) in [4.78, 5) is 6.49. The molecule has 0 radical (unpaired) electrons. The summed E-state index contributed by atoms with van der Waals surface area (Å²) in [5.74, 6) is 0.883. The van der Waals surface area contributed by atoms with E-state index in [4.69, 9.17) is 0 Å².